The molecule has 4 heterocycles. The average Bonchev–Trinajstić information content (AvgIpc) is 3.36. The van der Waals surface area contributed by atoms with Crippen molar-refractivity contribution in [3.05, 3.63) is 12.7 Å². The summed E-state index contributed by atoms with van der Waals surface area (Å²) in [7, 11) is 0. The van der Waals surface area contributed by atoms with E-state index in [1.54, 1.807) is 4.57 Å². The molecule has 5 atom stereocenters. The summed E-state index contributed by atoms with van der Waals surface area (Å²) in [6.07, 6.45) is 0.125. The maximum absolute atomic E-state index is 11.3. The Balaban J connectivity index is 1.63. The number of aromatic nitrogens is 4. The summed E-state index contributed by atoms with van der Waals surface area (Å²) in [5.41, 5.74) is 1.02. The lowest BCUT2D eigenvalue weighted by atomic mass is 10.1. The largest absolute Gasteiger partial charge is 0.457 e. The molecule has 2 saturated heterocycles. The molecule has 0 aliphatic carbocycles. The first-order chi connectivity index (χ1) is 13.1. The minimum atomic E-state index is -1.14. The van der Waals surface area contributed by atoms with Crippen molar-refractivity contribution >= 4 is 23.0 Å². The lowest BCUT2D eigenvalue weighted by Gasteiger charge is -2.18. The molecular weight excluding hydrogens is 342 g/mol. The highest BCUT2D eigenvalue weighted by Gasteiger charge is 2.45. The van der Waals surface area contributed by atoms with Crippen LogP contribution in [0.15, 0.2) is 12.7 Å². The number of fused-ring (bicyclic) bond motifs is 1. The molecule has 2 aromatic rings. The fourth-order valence-electron chi connectivity index (χ4n) is 3.27. The van der Waals surface area contributed by atoms with Crippen LogP contribution >= 0.6 is 0 Å². The Kier molecular flexibility index (Phi) is 4.15. The van der Waals surface area contributed by atoms with Crippen molar-refractivity contribution in [1.82, 2.24) is 19.5 Å². The van der Waals surface area contributed by atoms with E-state index in [0.29, 0.717) is 30.2 Å². The molecule has 0 unspecified atom stereocenters. The Morgan fingerprint density at radius 1 is 1.50 bits per heavy atom. The van der Waals surface area contributed by atoms with Crippen LogP contribution in [0.25, 0.3) is 11.2 Å². The van der Waals surface area contributed by atoms with Crippen LogP contribution in [0, 0.1) is 0 Å². The molecule has 2 aromatic heterocycles. The van der Waals surface area contributed by atoms with Crippen LogP contribution in [0.5, 0.6) is 0 Å². The van der Waals surface area contributed by atoms with E-state index in [4.69, 9.17) is 15.6 Å². The van der Waals surface area contributed by atoms with Gasteiger partial charge < -0.3 is 24.6 Å². The number of anilines is 1. The quantitative estimate of drug-likeness (QED) is 0.734. The normalized spacial score (nSPS) is 31.9. The number of aliphatic hydroxyl groups excluding tert-OH is 1. The smallest absolute Gasteiger partial charge is 0.303 e. The van der Waals surface area contributed by atoms with Crippen LogP contribution in [0.2, 0.25) is 0 Å². The number of hydrogen-bond donors (Lipinski definition) is 2. The number of rotatable bonds is 4. The highest BCUT2D eigenvalue weighted by atomic mass is 16.6. The van der Waals surface area contributed by atoms with Crippen molar-refractivity contribution < 1.29 is 25.5 Å². The second-order valence-corrected chi connectivity index (χ2v) is 6.38. The van der Waals surface area contributed by atoms with Gasteiger partial charge in [0.1, 0.15) is 12.4 Å². The van der Waals surface area contributed by atoms with Gasteiger partial charge in [0.05, 0.1) is 25.1 Å². The van der Waals surface area contributed by atoms with Crippen molar-refractivity contribution in [2.45, 2.75) is 50.8 Å². The Bertz CT molecular complexity index is 827. The first-order valence-corrected chi connectivity index (χ1v) is 8.40. The first-order valence-electron chi connectivity index (χ1n) is 9.11. The predicted molar refractivity (Wildman–Crippen MR) is 89.3 cm³/mol. The third kappa shape index (κ3) is 3.00. The van der Waals surface area contributed by atoms with Gasteiger partial charge in [-0.3, -0.25) is 9.36 Å². The molecule has 4 rings (SSSR count). The summed E-state index contributed by atoms with van der Waals surface area (Å²) in [5, 5.41) is 13.9. The number of nitrogens with one attached hydrogen (secondary N) is 1. The molecule has 2 fully saturated rings. The molecular formula is C16H21N5O5. The number of carbonyl (C=O) groups excluding carboxylic acids is 1. The van der Waals surface area contributed by atoms with Crippen LogP contribution in [-0.4, -0.2) is 68.2 Å². The first kappa shape index (κ1) is 15.9. The maximum atomic E-state index is 11.3. The molecule has 140 valence electrons. The van der Waals surface area contributed by atoms with Gasteiger partial charge in [-0.25, -0.2) is 15.0 Å². The molecule has 2 N–H and O–H groups in total. The molecule has 26 heavy (non-hydrogen) atoms. The molecule has 10 heteroatoms. The molecule has 10 nitrogen and oxygen atoms in total. The van der Waals surface area contributed by atoms with E-state index < -0.39 is 30.5 Å². The fraction of sp³-hybridized carbons (Fsp3) is 0.625. The molecule has 0 spiro atoms. The SMILES string of the molecule is [3H]C[C@H]1O[C@@H](n2cnc3c(N[C@@H]4CCOC4)ncnc32)[C@H](O)[C@@H]1OC(C)=O. The van der Waals surface area contributed by atoms with E-state index in [2.05, 4.69) is 20.3 Å². The molecule has 0 aromatic carbocycles. The summed E-state index contributed by atoms with van der Waals surface area (Å²) in [6, 6.07) is 0.155. The lowest BCUT2D eigenvalue weighted by Crippen LogP contribution is -2.34. The van der Waals surface area contributed by atoms with Gasteiger partial charge in [0.15, 0.2) is 29.3 Å². The van der Waals surface area contributed by atoms with Gasteiger partial charge in [-0.2, -0.15) is 0 Å². The standard InChI is InChI=1S/C16H21N5O5/c1-8-13(26-9(2)22)12(23)16(25-8)21-7-19-11-14(17-6-18-15(11)21)20-10-3-4-24-5-10/h6-8,10,12-13,16,23H,3-5H2,1-2H3,(H,17,18,20)/t8-,10-,12-,13-,16-/m1/s1/i1T. The van der Waals surface area contributed by atoms with Crippen molar-refractivity contribution in [3.8, 4) is 0 Å². The summed E-state index contributed by atoms with van der Waals surface area (Å²) in [4.78, 5) is 24.2. The maximum Gasteiger partial charge on any atom is 0.303 e. The summed E-state index contributed by atoms with van der Waals surface area (Å²) in [5.74, 6) is 0.0418. The summed E-state index contributed by atoms with van der Waals surface area (Å²) < 4.78 is 25.5. The summed E-state index contributed by atoms with van der Waals surface area (Å²) >= 11 is 0. The highest BCUT2D eigenvalue weighted by Crippen LogP contribution is 2.33. The molecule has 0 radical (unpaired) electrons. The van der Waals surface area contributed by atoms with Gasteiger partial charge in [0, 0.05) is 14.9 Å². The van der Waals surface area contributed by atoms with Crippen molar-refractivity contribution in [2.24, 2.45) is 0 Å². The van der Waals surface area contributed by atoms with Gasteiger partial charge in [0.25, 0.3) is 0 Å². The zero-order chi connectivity index (χ0) is 19.0. The number of carbonyl (C=O) groups is 1. The zero-order valence-electron chi connectivity index (χ0n) is 15.2. The van der Waals surface area contributed by atoms with E-state index in [0.717, 1.165) is 6.42 Å². The fourth-order valence-corrected chi connectivity index (χ4v) is 3.27. The Hall–Kier alpha value is -2.30. The van der Waals surface area contributed by atoms with E-state index in [9.17, 15) is 9.90 Å². The van der Waals surface area contributed by atoms with Gasteiger partial charge >= 0.3 is 5.97 Å². The number of hydrogen-bond acceptors (Lipinski definition) is 9. The van der Waals surface area contributed by atoms with E-state index in [1.807, 2.05) is 0 Å². The van der Waals surface area contributed by atoms with Gasteiger partial charge in [-0.1, -0.05) is 0 Å². The molecule has 2 aliphatic rings. The second-order valence-electron chi connectivity index (χ2n) is 6.38. The lowest BCUT2D eigenvalue weighted by molar-refractivity contribution is -0.152. The number of ether oxygens (including phenoxy) is 3. The molecule has 0 amide bonds. The monoisotopic (exact) mass is 365 g/mol. The molecule has 0 saturated carbocycles. The van der Waals surface area contributed by atoms with Crippen molar-refractivity contribution in [3.63, 3.8) is 0 Å². The minimum absolute atomic E-state index is 0.151. The molecule has 0 bridgehead atoms. The van der Waals surface area contributed by atoms with Gasteiger partial charge in [0.2, 0.25) is 0 Å². The van der Waals surface area contributed by atoms with Crippen LogP contribution in [0.4, 0.5) is 5.82 Å². The van der Waals surface area contributed by atoms with Crippen LogP contribution in [0.3, 0.4) is 0 Å². The minimum Gasteiger partial charge on any atom is -0.457 e. The predicted octanol–water partition coefficient (Wildman–Crippen LogP) is 0.237. The third-order valence-electron chi connectivity index (χ3n) is 4.51. The van der Waals surface area contributed by atoms with Crippen LogP contribution < -0.4 is 5.32 Å². The van der Waals surface area contributed by atoms with Gasteiger partial charge in [-0.05, 0) is 13.3 Å². The number of nitrogens with zero attached hydrogens (tertiary/aromatic N) is 4. The summed E-state index contributed by atoms with van der Waals surface area (Å²) in [6.45, 7) is 2.41. The number of imidazole rings is 1. The topological polar surface area (TPSA) is 121 Å². The number of aliphatic hydroxyl groups is 1. The van der Waals surface area contributed by atoms with Crippen molar-refractivity contribution in [1.29, 1.82) is 0 Å². The third-order valence-corrected chi connectivity index (χ3v) is 4.51. The van der Waals surface area contributed by atoms with E-state index >= 15 is 0 Å². The molecule has 2 aliphatic heterocycles. The second kappa shape index (κ2) is 6.78. The zero-order valence-corrected chi connectivity index (χ0v) is 14.2. The van der Waals surface area contributed by atoms with Crippen LogP contribution in [-0.2, 0) is 19.0 Å². The Morgan fingerprint density at radius 2 is 2.38 bits per heavy atom. The van der Waals surface area contributed by atoms with Gasteiger partial charge in [-0.15, -0.1) is 0 Å². The van der Waals surface area contributed by atoms with Crippen molar-refractivity contribution in [2.75, 3.05) is 18.5 Å². The van der Waals surface area contributed by atoms with E-state index in [1.165, 1.54) is 19.6 Å². The average molecular weight is 365 g/mol. The van der Waals surface area contributed by atoms with E-state index in [-0.39, 0.29) is 12.9 Å². The van der Waals surface area contributed by atoms with Crippen LogP contribution in [0.1, 0.15) is 27.8 Å². The number of esters is 1. The Morgan fingerprint density at radius 3 is 3.12 bits per heavy atom. The highest BCUT2D eigenvalue weighted by molar-refractivity contribution is 5.82. The Labute approximate surface area is 150 Å².